The average Bonchev–Trinajstić information content (AvgIpc) is 2.59. The molecule has 0 aliphatic carbocycles. The van der Waals surface area contributed by atoms with Crippen LogP contribution in [0.1, 0.15) is 11.1 Å². The maximum Gasteiger partial charge on any atom is 0.483 e. The summed E-state index contributed by atoms with van der Waals surface area (Å²) in [6.07, 6.45) is -3.60. The Hall–Kier alpha value is -1.67. The third-order valence-corrected chi connectivity index (χ3v) is 4.81. The molecule has 0 fully saturated rings. The molecule has 2 aromatic rings. The highest BCUT2D eigenvalue weighted by atomic mass is 28.3. The fourth-order valence-electron chi connectivity index (χ4n) is 2.22. The zero-order chi connectivity index (χ0) is 17.6. The summed E-state index contributed by atoms with van der Waals surface area (Å²) in [6, 6.07) is 12.8. The second-order valence-electron chi connectivity index (χ2n) is 5.15. The maximum absolute atomic E-state index is 12.6. The smallest absolute Gasteiger partial charge is 0.379 e. The van der Waals surface area contributed by atoms with Crippen LogP contribution in [-0.2, 0) is 25.9 Å². The van der Waals surface area contributed by atoms with Gasteiger partial charge in [0.1, 0.15) is 0 Å². The maximum atomic E-state index is 12.6. The van der Waals surface area contributed by atoms with E-state index in [0.717, 1.165) is 28.8 Å². The highest BCUT2D eigenvalue weighted by molar-refractivity contribution is 6.36. The molecule has 0 bridgehead atoms. The van der Waals surface area contributed by atoms with E-state index in [4.69, 9.17) is 13.3 Å². The summed E-state index contributed by atoms with van der Waals surface area (Å²) in [7, 11) is 1.11. The molecule has 0 amide bonds. The highest BCUT2D eigenvalue weighted by Crippen LogP contribution is 2.31. The predicted octanol–water partition coefficient (Wildman–Crippen LogP) is 3.94. The van der Waals surface area contributed by atoms with Crippen LogP contribution in [0.3, 0.4) is 0 Å². The number of alkyl halides is 3. The van der Waals surface area contributed by atoms with Gasteiger partial charge in [0, 0.05) is 20.8 Å². The number of halogens is 3. The lowest BCUT2D eigenvalue weighted by atomic mass is 10.0. The third-order valence-electron chi connectivity index (χ3n) is 3.53. The quantitative estimate of drug-likeness (QED) is 0.704. The first kappa shape index (κ1) is 18.7. The summed E-state index contributed by atoms with van der Waals surface area (Å²) in [4.78, 5) is 0. The lowest BCUT2D eigenvalue weighted by molar-refractivity contribution is -0.137. The van der Waals surface area contributed by atoms with Crippen molar-refractivity contribution in [1.82, 2.24) is 0 Å². The van der Waals surface area contributed by atoms with Gasteiger partial charge >= 0.3 is 15.7 Å². The standard InChI is InChI=1S/C17H19F3O3Si/c1-21-24(22-2)23-12-11-13-3-5-14(6-4-13)15-7-9-16(10-8-15)17(18,19)20/h3-10,24H,11-12H2,1-2H3. The van der Waals surface area contributed by atoms with Gasteiger partial charge in [0.25, 0.3) is 0 Å². The summed E-state index contributed by atoms with van der Waals surface area (Å²) in [5.41, 5.74) is 2.05. The van der Waals surface area contributed by atoms with Crippen molar-refractivity contribution in [2.45, 2.75) is 12.6 Å². The van der Waals surface area contributed by atoms with Gasteiger partial charge in [0.05, 0.1) is 5.56 Å². The molecule has 0 heterocycles. The molecule has 0 aromatic heterocycles. The molecule has 0 atom stereocenters. The van der Waals surface area contributed by atoms with Gasteiger partial charge in [-0.1, -0.05) is 36.4 Å². The largest absolute Gasteiger partial charge is 0.483 e. The van der Waals surface area contributed by atoms with Crippen molar-refractivity contribution in [2.24, 2.45) is 0 Å². The first-order chi connectivity index (χ1) is 11.4. The van der Waals surface area contributed by atoms with Crippen LogP contribution in [0.4, 0.5) is 13.2 Å². The Bertz CT molecular complexity index is 623. The van der Waals surface area contributed by atoms with Crippen molar-refractivity contribution in [3.8, 4) is 11.1 Å². The fourth-order valence-corrected chi connectivity index (χ4v) is 3.00. The Balaban J connectivity index is 1.96. The summed E-state index contributed by atoms with van der Waals surface area (Å²) in [5.74, 6) is 0. The number of benzene rings is 2. The van der Waals surface area contributed by atoms with E-state index in [1.165, 1.54) is 12.1 Å². The van der Waals surface area contributed by atoms with E-state index in [1.807, 2.05) is 24.3 Å². The van der Waals surface area contributed by atoms with Crippen LogP contribution >= 0.6 is 0 Å². The summed E-state index contributed by atoms with van der Waals surface area (Å²) in [6.45, 7) is 0.498. The lowest BCUT2D eigenvalue weighted by Crippen LogP contribution is -2.24. The van der Waals surface area contributed by atoms with E-state index < -0.39 is 21.3 Å². The summed E-state index contributed by atoms with van der Waals surface area (Å²) in [5, 5.41) is 0. The molecule has 0 N–H and O–H groups in total. The van der Waals surface area contributed by atoms with Crippen molar-refractivity contribution in [2.75, 3.05) is 20.8 Å². The van der Waals surface area contributed by atoms with Crippen molar-refractivity contribution >= 4 is 9.53 Å². The van der Waals surface area contributed by atoms with Gasteiger partial charge in [0.2, 0.25) is 0 Å². The number of hydrogen-bond donors (Lipinski definition) is 0. The Morgan fingerprint density at radius 1 is 0.833 bits per heavy atom. The highest BCUT2D eigenvalue weighted by Gasteiger charge is 2.29. The van der Waals surface area contributed by atoms with Crippen LogP contribution in [0.5, 0.6) is 0 Å². The first-order valence-electron chi connectivity index (χ1n) is 7.38. The molecule has 0 spiro atoms. The monoisotopic (exact) mass is 356 g/mol. The van der Waals surface area contributed by atoms with Crippen LogP contribution in [0.2, 0.25) is 0 Å². The SMILES string of the molecule is CO[SiH](OC)OCCc1ccc(-c2ccc(C(F)(F)F)cc2)cc1. The van der Waals surface area contributed by atoms with E-state index in [-0.39, 0.29) is 0 Å². The minimum absolute atomic E-state index is 0.498. The molecule has 0 aliphatic heterocycles. The third kappa shape index (κ3) is 5.17. The normalized spacial score (nSPS) is 11.9. The summed E-state index contributed by atoms with van der Waals surface area (Å²) >= 11 is 0. The topological polar surface area (TPSA) is 27.7 Å². The second-order valence-corrected chi connectivity index (χ2v) is 7.01. The molecule has 0 saturated carbocycles. The van der Waals surface area contributed by atoms with E-state index in [9.17, 15) is 13.2 Å². The fraction of sp³-hybridized carbons (Fsp3) is 0.294. The van der Waals surface area contributed by atoms with Crippen LogP contribution in [-0.4, -0.2) is 30.4 Å². The van der Waals surface area contributed by atoms with E-state index >= 15 is 0 Å². The van der Waals surface area contributed by atoms with Gasteiger partial charge in [-0.25, -0.2) is 0 Å². The van der Waals surface area contributed by atoms with Crippen LogP contribution in [0.15, 0.2) is 48.5 Å². The van der Waals surface area contributed by atoms with Crippen molar-refractivity contribution in [3.05, 3.63) is 59.7 Å². The summed E-state index contributed by atoms with van der Waals surface area (Å²) < 4.78 is 53.3. The molecule has 7 heteroatoms. The van der Waals surface area contributed by atoms with Crippen molar-refractivity contribution < 1.29 is 26.4 Å². The van der Waals surface area contributed by atoms with Crippen LogP contribution in [0, 0.1) is 0 Å². The molecule has 3 nitrogen and oxygen atoms in total. The Kier molecular flexibility index (Phi) is 6.56. The molecule has 2 aromatic carbocycles. The van der Waals surface area contributed by atoms with Gasteiger partial charge < -0.3 is 13.3 Å². The Morgan fingerprint density at radius 2 is 1.33 bits per heavy atom. The molecule has 0 unspecified atom stereocenters. The molecule has 130 valence electrons. The zero-order valence-corrected chi connectivity index (χ0v) is 14.6. The van der Waals surface area contributed by atoms with Gasteiger partial charge in [-0.05, 0) is 35.2 Å². The van der Waals surface area contributed by atoms with Crippen molar-refractivity contribution in [1.29, 1.82) is 0 Å². The van der Waals surface area contributed by atoms with Gasteiger partial charge in [-0.15, -0.1) is 0 Å². The molecular weight excluding hydrogens is 337 g/mol. The molecule has 0 radical (unpaired) electrons. The Morgan fingerprint density at radius 3 is 1.79 bits per heavy atom. The number of hydrogen-bond acceptors (Lipinski definition) is 3. The minimum Gasteiger partial charge on any atom is -0.379 e. The van der Waals surface area contributed by atoms with Gasteiger partial charge in [-0.2, -0.15) is 13.2 Å². The van der Waals surface area contributed by atoms with Crippen molar-refractivity contribution in [3.63, 3.8) is 0 Å². The molecular formula is C17H19F3O3Si. The van der Waals surface area contributed by atoms with Crippen LogP contribution in [0.25, 0.3) is 11.1 Å². The average molecular weight is 356 g/mol. The molecule has 24 heavy (non-hydrogen) atoms. The molecule has 0 saturated heterocycles. The Labute approximate surface area is 140 Å². The first-order valence-corrected chi connectivity index (χ1v) is 8.79. The van der Waals surface area contributed by atoms with Gasteiger partial charge in [-0.3, -0.25) is 0 Å². The predicted molar refractivity (Wildman–Crippen MR) is 87.7 cm³/mol. The van der Waals surface area contributed by atoms with E-state index in [1.54, 1.807) is 14.2 Å². The van der Waals surface area contributed by atoms with Crippen LogP contribution < -0.4 is 0 Å². The van der Waals surface area contributed by atoms with E-state index in [0.29, 0.717) is 13.0 Å². The lowest BCUT2D eigenvalue weighted by Gasteiger charge is -2.11. The minimum atomic E-state index is -4.31. The zero-order valence-electron chi connectivity index (χ0n) is 13.5. The second kappa shape index (κ2) is 8.43. The number of rotatable bonds is 7. The molecule has 0 aliphatic rings. The van der Waals surface area contributed by atoms with E-state index in [2.05, 4.69) is 0 Å². The van der Waals surface area contributed by atoms with Gasteiger partial charge in [0.15, 0.2) is 0 Å². The molecule has 2 rings (SSSR count).